The summed E-state index contributed by atoms with van der Waals surface area (Å²) in [5, 5.41) is 9.19. The standard InChI is InChI=1S/C12H13F3O2/c1-7(2)10(16)8-5-3-4-6-9(8)11(17)12(13,14)15/h3-7,11,17H,1-2H3. The average molecular weight is 246 g/mol. The molecular formula is C12H13F3O2. The number of carbonyl (C=O) groups is 1. The molecule has 0 fully saturated rings. The number of ketones is 1. The quantitative estimate of drug-likeness (QED) is 0.832. The molecule has 0 aromatic heterocycles. The van der Waals surface area contributed by atoms with Gasteiger partial charge in [0.15, 0.2) is 11.9 Å². The molecule has 1 aromatic carbocycles. The number of aliphatic hydroxyl groups is 1. The van der Waals surface area contributed by atoms with E-state index in [4.69, 9.17) is 0 Å². The van der Waals surface area contributed by atoms with Crippen molar-refractivity contribution in [3.05, 3.63) is 35.4 Å². The van der Waals surface area contributed by atoms with Crippen molar-refractivity contribution in [3.8, 4) is 0 Å². The van der Waals surface area contributed by atoms with Gasteiger partial charge in [0.25, 0.3) is 0 Å². The Morgan fingerprint density at radius 3 is 2.24 bits per heavy atom. The van der Waals surface area contributed by atoms with Gasteiger partial charge in [0, 0.05) is 17.0 Å². The highest BCUT2D eigenvalue weighted by atomic mass is 19.4. The van der Waals surface area contributed by atoms with Crippen LogP contribution in [0.2, 0.25) is 0 Å². The number of carbonyl (C=O) groups excluding carboxylic acids is 1. The Kier molecular flexibility index (Phi) is 3.93. The zero-order chi connectivity index (χ0) is 13.2. The lowest BCUT2D eigenvalue weighted by molar-refractivity contribution is -0.206. The van der Waals surface area contributed by atoms with E-state index >= 15 is 0 Å². The van der Waals surface area contributed by atoms with E-state index in [-0.39, 0.29) is 5.56 Å². The van der Waals surface area contributed by atoms with Crippen molar-refractivity contribution in [2.24, 2.45) is 5.92 Å². The van der Waals surface area contributed by atoms with Crippen LogP contribution in [0.3, 0.4) is 0 Å². The molecule has 0 bridgehead atoms. The fraction of sp³-hybridized carbons (Fsp3) is 0.417. The Morgan fingerprint density at radius 1 is 1.24 bits per heavy atom. The first-order valence-electron chi connectivity index (χ1n) is 5.13. The lowest BCUT2D eigenvalue weighted by Gasteiger charge is -2.18. The molecule has 1 N–H and O–H groups in total. The van der Waals surface area contributed by atoms with E-state index in [1.165, 1.54) is 18.2 Å². The Morgan fingerprint density at radius 2 is 1.76 bits per heavy atom. The predicted octanol–water partition coefficient (Wildman–Crippen LogP) is 3.12. The molecule has 0 aliphatic carbocycles. The van der Waals surface area contributed by atoms with Gasteiger partial charge in [-0.2, -0.15) is 13.2 Å². The number of Topliss-reactive ketones (excluding diaryl/α,β-unsaturated/α-hetero) is 1. The third-order valence-electron chi connectivity index (χ3n) is 2.36. The van der Waals surface area contributed by atoms with Crippen molar-refractivity contribution in [1.29, 1.82) is 0 Å². The van der Waals surface area contributed by atoms with E-state index in [1.54, 1.807) is 13.8 Å². The zero-order valence-electron chi connectivity index (χ0n) is 9.45. The number of alkyl halides is 3. The van der Waals surface area contributed by atoms with Crippen LogP contribution in [0.4, 0.5) is 13.2 Å². The van der Waals surface area contributed by atoms with Gasteiger partial charge in [-0.1, -0.05) is 38.1 Å². The monoisotopic (exact) mass is 246 g/mol. The maximum absolute atomic E-state index is 12.4. The molecule has 94 valence electrons. The second-order valence-electron chi connectivity index (χ2n) is 4.05. The SMILES string of the molecule is CC(C)C(=O)c1ccccc1C(O)C(F)(F)F. The topological polar surface area (TPSA) is 37.3 Å². The molecule has 1 aromatic rings. The van der Waals surface area contributed by atoms with Gasteiger partial charge in [0.05, 0.1) is 0 Å². The van der Waals surface area contributed by atoms with Gasteiger partial charge in [-0.25, -0.2) is 0 Å². The maximum atomic E-state index is 12.4. The fourth-order valence-corrected chi connectivity index (χ4v) is 1.45. The van der Waals surface area contributed by atoms with Crippen LogP contribution in [0.15, 0.2) is 24.3 Å². The molecule has 0 radical (unpaired) electrons. The van der Waals surface area contributed by atoms with Crippen LogP contribution in [0, 0.1) is 5.92 Å². The van der Waals surface area contributed by atoms with Gasteiger partial charge in [-0.3, -0.25) is 4.79 Å². The zero-order valence-corrected chi connectivity index (χ0v) is 9.45. The largest absolute Gasteiger partial charge is 0.418 e. The maximum Gasteiger partial charge on any atom is 0.418 e. The van der Waals surface area contributed by atoms with Crippen molar-refractivity contribution < 1.29 is 23.1 Å². The first-order valence-corrected chi connectivity index (χ1v) is 5.13. The van der Waals surface area contributed by atoms with Gasteiger partial charge < -0.3 is 5.11 Å². The van der Waals surface area contributed by atoms with Crippen LogP contribution < -0.4 is 0 Å². The minimum Gasteiger partial charge on any atom is -0.379 e. The van der Waals surface area contributed by atoms with E-state index in [9.17, 15) is 23.1 Å². The van der Waals surface area contributed by atoms with Crippen LogP contribution in [0.1, 0.15) is 35.9 Å². The van der Waals surface area contributed by atoms with Gasteiger partial charge in [-0.05, 0) is 0 Å². The van der Waals surface area contributed by atoms with Gasteiger partial charge >= 0.3 is 6.18 Å². The van der Waals surface area contributed by atoms with Gasteiger partial charge in [0.2, 0.25) is 0 Å². The minimum atomic E-state index is -4.77. The fourth-order valence-electron chi connectivity index (χ4n) is 1.45. The van der Waals surface area contributed by atoms with Crippen LogP contribution in [0.5, 0.6) is 0 Å². The Balaban J connectivity index is 3.22. The average Bonchev–Trinajstić information content (AvgIpc) is 2.25. The Labute approximate surface area is 97.1 Å². The van der Waals surface area contributed by atoms with E-state index < -0.39 is 29.5 Å². The van der Waals surface area contributed by atoms with Gasteiger partial charge in [-0.15, -0.1) is 0 Å². The smallest absolute Gasteiger partial charge is 0.379 e. The molecule has 1 rings (SSSR count). The highest BCUT2D eigenvalue weighted by molar-refractivity contribution is 5.98. The number of hydrogen-bond acceptors (Lipinski definition) is 2. The molecule has 5 heteroatoms. The summed E-state index contributed by atoms with van der Waals surface area (Å²) in [5.74, 6) is -0.833. The van der Waals surface area contributed by atoms with Crippen LogP contribution in [0.25, 0.3) is 0 Å². The highest BCUT2D eigenvalue weighted by Gasteiger charge is 2.41. The summed E-state index contributed by atoms with van der Waals surface area (Å²) in [6.45, 7) is 3.19. The minimum absolute atomic E-state index is 0.0766. The first kappa shape index (κ1) is 13.7. The second kappa shape index (κ2) is 4.87. The Bertz CT molecular complexity index is 410. The summed E-state index contributed by atoms with van der Waals surface area (Å²) in [4.78, 5) is 11.7. The summed E-state index contributed by atoms with van der Waals surface area (Å²) in [6.07, 6.45) is -7.39. The summed E-state index contributed by atoms with van der Waals surface area (Å²) in [5.41, 5.74) is -0.467. The first-order chi connectivity index (χ1) is 7.75. The molecular weight excluding hydrogens is 233 g/mol. The van der Waals surface area contributed by atoms with Crippen molar-refractivity contribution in [3.63, 3.8) is 0 Å². The highest BCUT2D eigenvalue weighted by Crippen LogP contribution is 2.34. The Hall–Kier alpha value is -1.36. The summed E-state index contributed by atoms with van der Waals surface area (Å²) < 4.78 is 37.3. The molecule has 0 amide bonds. The van der Waals surface area contributed by atoms with E-state index in [1.807, 2.05) is 0 Å². The van der Waals surface area contributed by atoms with Crippen molar-refractivity contribution in [2.45, 2.75) is 26.1 Å². The summed E-state index contributed by atoms with van der Waals surface area (Å²) in [6, 6.07) is 5.25. The van der Waals surface area contributed by atoms with E-state index in [0.717, 1.165) is 6.07 Å². The van der Waals surface area contributed by atoms with Crippen molar-refractivity contribution in [2.75, 3.05) is 0 Å². The molecule has 17 heavy (non-hydrogen) atoms. The molecule has 0 spiro atoms. The van der Waals surface area contributed by atoms with Gasteiger partial charge in [0.1, 0.15) is 0 Å². The molecule has 0 aliphatic heterocycles. The van der Waals surface area contributed by atoms with Crippen LogP contribution in [-0.4, -0.2) is 17.1 Å². The lowest BCUT2D eigenvalue weighted by Crippen LogP contribution is -2.23. The summed E-state index contributed by atoms with van der Waals surface area (Å²) in [7, 11) is 0. The normalized spacial score (nSPS) is 13.8. The molecule has 1 atom stereocenters. The van der Waals surface area contributed by atoms with Crippen molar-refractivity contribution in [1.82, 2.24) is 0 Å². The lowest BCUT2D eigenvalue weighted by atomic mass is 9.93. The number of aliphatic hydroxyl groups excluding tert-OH is 1. The van der Waals surface area contributed by atoms with Crippen molar-refractivity contribution >= 4 is 5.78 Å². The molecule has 2 nitrogen and oxygen atoms in total. The van der Waals surface area contributed by atoms with E-state index in [2.05, 4.69) is 0 Å². The molecule has 0 aliphatic rings. The molecule has 0 heterocycles. The predicted molar refractivity (Wildman–Crippen MR) is 56.6 cm³/mol. The third kappa shape index (κ3) is 3.06. The molecule has 0 saturated carbocycles. The van der Waals surface area contributed by atoms with E-state index in [0.29, 0.717) is 0 Å². The third-order valence-corrected chi connectivity index (χ3v) is 2.36. The molecule has 0 saturated heterocycles. The molecule has 1 unspecified atom stereocenters. The number of halogens is 3. The van der Waals surface area contributed by atoms with Crippen LogP contribution in [-0.2, 0) is 0 Å². The van der Waals surface area contributed by atoms with Crippen LogP contribution >= 0.6 is 0 Å². The number of rotatable bonds is 3. The second-order valence-corrected chi connectivity index (χ2v) is 4.05. The summed E-state index contributed by atoms with van der Waals surface area (Å²) >= 11 is 0. The number of hydrogen-bond donors (Lipinski definition) is 1. The number of benzene rings is 1.